The first kappa shape index (κ1) is 12.3. The standard InChI is InChI=1S/C14H11NO2S/c15-9-11-3-1-4-12(7-11)10-17-14(16)8-13-5-2-6-18-13/h1-7H,8,10H2. The zero-order chi connectivity index (χ0) is 12.8. The molecule has 1 aromatic heterocycles. The number of thiophene rings is 1. The molecule has 0 atom stereocenters. The number of ether oxygens (including phenoxy) is 1. The van der Waals surface area contributed by atoms with Crippen LogP contribution in [-0.2, 0) is 22.6 Å². The molecular weight excluding hydrogens is 246 g/mol. The van der Waals surface area contributed by atoms with Gasteiger partial charge in [-0.15, -0.1) is 11.3 Å². The topological polar surface area (TPSA) is 50.1 Å². The zero-order valence-electron chi connectivity index (χ0n) is 9.63. The van der Waals surface area contributed by atoms with Gasteiger partial charge < -0.3 is 4.74 Å². The minimum absolute atomic E-state index is 0.208. The van der Waals surface area contributed by atoms with Crippen LogP contribution >= 0.6 is 11.3 Å². The fourth-order valence-corrected chi connectivity index (χ4v) is 2.19. The molecule has 1 aromatic carbocycles. The lowest BCUT2D eigenvalue weighted by atomic mass is 10.1. The Morgan fingerprint density at radius 2 is 2.22 bits per heavy atom. The van der Waals surface area contributed by atoms with Gasteiger partial charge in [-0.2, -0.15) is 5.26 Å². The van der Waals surface area contributed by atoms with Crippen molar-refractivity contribution in [1.82, 2.24) is 0 Å². The average Bonchev–Trinajstić information content (AvgIpc) is 2.89. The summed E-state index contributed by atoms with van der Waals surface area (Å²) in [5.74, 6) is -0.250. The number of esters is 1. The number of rotatable bonds is 4. The van der Waals surface area contributed by atoms with Gasteiger partial charge in [0.15, 0.2) is 0 Å². The summed E-state index contributed by atoms with van der Waals surface area (Å²) in [5.41, 5.74) is 1.40. The molecule has 0 fully saturated rings. The summed E-state index contributed by atoms with van der Waals surface area (Å²) in [5, 5.41) is 10.7. The van der Waals surface area contributed by atoms with E-state index in [0.29, 0.717) is 12.0 Å². The van der Waals surface area contributed by atoms with Crippen LogP contribution in [0.3, 0.4) is 0 Å². The van der Waals surface area contributed by atoms with Gasteiger partial charge in [-0.05, 0) is 29.1 Å². The molecule has 3 nitrogen and oxygen atoms in total. The van der Waals surface area contributed by atoms with Crippen LogP contribution < -0.4 is 0 Å². The summed E-state index contributed by atoms with van der Waals surface area (Å²) in [7, 11) is 0. The molecule has 0 aliphatic carbocycles. The number of nitriles is 1. The summed E-state index contributed by atoms with van der Waals surface area (Å²) >= 11 is 1.54. The average molecular weight is 257 g/mol. The predicted molar refractivity (Wildman–Crippen MR) is 69.0 cm³/mol. The first-order chi connectivity index (χ1) is 8.78. The minimum Gasteiger partial charge on any atom is -0.461 e. The Bertz CT molecular complexity index is 570. The van der Waals surface area contributed by atoms with Crippen molar-refractivity contribution in [1.29, 1.82) is 5.26 Å². The zero-order valence-corrected chi connectivity index (χ0v) is 10.4. The van der Waals surface area contributed by atoms with Crippen LogP contribution in [0.15, 0.2) is 41.8 Å². The predicted octanol–water partition coefficient (Wildman–Crippen LogP) is 2.91. The van der Waals surface area contributed by atoms with Gasteiger partial charge in [-0.1, -0.05) is 18.2 Å². The highest BCUT2D eigenvalue weighted by Crippen LogP contribution is 2.11. The van der Waals surface area contributed by atoms with Crippen LogP contribution in [0.2, 0.25) is 0 Å². The highest BCUT2D eigenvalue weighted by molar-refractivity contribution is 7.10. The number of carbonyl (C=O) groups is 1. The molecule has 0 aliphatic heterocycles. The van der Waals surface area contributed by atoms with Gasteiger partial charge >= 0.3 is 5.97 Å². The van der Waals surface area contributed by atoms with Crippen LogP contribution in [-0.4, -0.2) is 5.97 Å². The number of hydrogen-bond acceptors (Lipinski definition) is 4. The first-order valence-corrected chi connectivity index (χ1v) is 6.33. The lowest BCUT2D eigenvalue weighted by Gasteiger charge is -2.04. The van der Waals surface area contributed by atoms with Crippen molar-refractivity contribution in [3.05, 3.63) is 57.8 Å². The summed E-state index contributed by atoms with van der Waals surface area (Å²) < 4.78 is 5.16. The highest BCUT2D eigenvalue weighted by Gasteiger charge is 2.06. The van der Waals surface area contributed by atoms with Crippen LogP contribution in [0.25, 0.3) is 0 Å². The maximum Gasteiger partial charge on any atom is 0.311 e. The molecule has 90 valence electrons. The third kappa shape index (κ3) is 3.44. The monoisotopic (exact) mass is 257 g/mol. The minimum atomic E-state index is -0.250. The van der Waals surface area contributed by atoms with Gasteiger partial charge in [0.2, 0.25) is 0 Å². The van der Waals surface area contributed by atoms with Gasteiger partial charge in [0, 0.05) is 4.88 Å². The first-order valence-electron chi connectivity index (χ1n) is 5.45. The van der Waals surface area contributed by atoms with Gasteiger partial charge in [-0.25, -0.2) is 0 Å². The van der Waals surface area contributed by atoms with Gasteiger partial charge in [0.25, 0.3) is 0 Å². The van der Waals surface area contributed by atoms with E-state index < -0.39 is 0 Å². The Morgan fingerprint density at radius 1 is 1.33 bits per heavy atom. The van der Waals surface area contributed by atoms with Crippen LogP contribution in [0.1, 0.15) is 16.0 Å². The third-order valence-electron chi connectivity index (χ3n) is 2.35. The molecule has 18 heavy (non-hydrogen) atoms. The second-order valence-corrected chi connectivity index (χ2v) is 4.76. The molecule has 0 radical (unpaired) electrons. The Hall–Kier alpha value is -2.12. The maximum absolute atomic E-state index is 11.6. The number of hydrogen-bond donors (Lipinski definition) is 0. The highest BCUT2D eigenvalue weighted by atomic mass is 32.1. The van der Waals surface area contributed by atoms with Gasteiger partial charge in [0.05, 0.1) is 18.1 Å². The molecule has 0 saturated carbocycles. The SMILES string of the molecule is N#Cc1cccc(COC(=O)Cc2cccs2)c1. The lowest BCUT2D eigenvalue weighted by molar-refractivity contribution is -0.144. The lowest BCUT2D eigenvalue weighted by Crippen LogP contribution is -2.07. The van der Waals surface area contributed by atoms with E-state index in [2.05, 4.69) is 6.07 Å². The molecule has 0 spiro atoms. The summed E-state index contributed by atoms with van der Waals surface area (Å²) in [6.45, 7) is 0.208. The number of benzene rings is 1. The number of carbonyl (C=O) groups excluding carboxylic acids is 1. The van der Waals surface area contributed by atoms with Crippen molar-refractivity contribution < 1.29 is 9.53 Å². The Kier molecular flexibility index (Phi) is 4.11. The summed E-state index contributed by atoms with van der Waals surface area (Å²) in [6, 6.07) is 12.9. The quantitative estimate of drug-likeness (QED) is 0.791. The van der Waals surface area contributed by atoms with E-state index in [9.17, 15) is 4.79 Å². The second-order valence-electron chi connectivity index (χ2n) is 3.73. The van der Waals surface area contributed by atoms with Crippen molar-refractivity contribution in [2.24, 2.45) is 0 Å². The van der Waals surface area contributed by atoms with E-state index in [0.717, 1.165) is 10.4 Å². The van der Waals surface area contributed by atoms with E-state index in [1.165, 1.54) is 11.3 Å². The molecule has 2 rings (SSSR count). The molecule has 0 unspecified atom stereocenters. The fraction of sp³-hybridized carbons (Fsp3) is 0.143. The normalized spacial score (nSPS) is 9.72. The van der Waals surface area contributed by atoms with E-state index >= 15 is 0 Å². The molecular formula is C14H11NO2S. The molecule has 0 saturated heterocycles. The van der Waals surface area contributed by atoms with Crippen molar-refractivity contribution in [3.63, 3.8) is 0 Å². The smallest absolute Gasteiger partial charge is 0.311 e. The van der Waals surface area contributed by atoms with E-state index in [1.807, 2.05) is 23.6 Å². The maximum atomic E-state index is 11.6. The molecule has 1 heterocycles. The van der Waals surface area contributed by atoms with Crippen LogP contribution in [0.5, 0.6) is 0 Å². The Balaban J connectivity index is 1.87. The van der Waals surface area contributed by atoms with Crippen molar-refractivity contribution >= 4 is 17.3 Å². The Morgan fingerprint density at radius 3 is 2.94 bits per heavy atom. The molecule has 0 amide bonds. The fourth-order valence-electron chi connectivity index (χ4n) is 1.50. The van der Waals surface area contributed by atoms with Gasteiger partial charge in [0.1, 0.15) is 6.61 Å². The third-order valence-corrected chi connectivity index (χ3v) is 3.23. The Labute approximate surface area is 109 Å². The number of nitrogens with zero attached hydrogens (tertiary/aromatic N) is 1. The van der Waals surface area contributed by atoms with Gasteiger partial charge in [-0.3, -0.25) is 4.79 Å². The van der Waals surface area contributed by atoms with E-state index in [1.54, 1.807) is 18.2 Å². The molecule has 0 N–H and O–H groups in total. The van der Waals surface area contributed by atoms with E-state index in [4.69, 9.17) is 10.00 Å². The van der Waals surface area contributed by atoms with Crippen molar-refractivity contribution in [2.45, 2.75) is 13.0 Å². The molecule has 0 bridgehead atoms. The molecule has 4 heteroatoms. The molecule has 0 aliphatic rings. The van der Waals surface area contributed by atoms with Crippen LogP contribution in [0, 0.1) is 11.3 Å². The second kappa shape index (κ2) is 5.99. The van der Waals surface area contributed by atoms with Crippen molar-refractivity contribution in [3.8, 4) is 6.07 Å². The van der Waals surface area contributed by atoms with Crippen molar-refractivity contribution in [2.75, 3.05) is 0 Å². The summed E-state index contributed by atoms with van der Waals surface area (Å²) in [6.07, 6.45) is 0.301. The van der Waals surface area contributed by atoms with Crippen LogP contribution in [0.4, 0.5) is 0 Å². The molecule has 2 aromatic rings. The summed E-state index contributed by atoms with van der Waals surface area (Å²) in [4.78, 5) is 12.5. The van der Waals surface area contributed by atoms with E-state index in [-0.39, 0.29) is 12.6 Å². The largest absolute Gasteiger partial charge is 0.461 e.